The van der Waals surface area contributed by atoms with E-state index in [2.05, 4.69) is 4.90 Å². The molecule has 1 fully saturated rings. The van der Waals surface area contributed by atoms with Crippen molar-refractivity contribution >= 4 is 11.8 Å². The maximum Gasteiger partial charge on any atom is 0.410 e. The molecule has 1 aromatic rings. The van der Waals surface area contributed by atoms with Crippen LogP contribution >= 0.6 is 0 Å². The van der Waals surface area contributed by atoms with Crippen molar-refractivity contribution in [3.63, 3.8) is 0 Å². The topological polar surface area (TPSA) is 85.2 Å². The van der Waals surface area contributed by atoms with Gasteiger partial charge in [-0.2, -0.15) is 0 Å². The number of hydrogen-bond acceptors (Lipinski definition) is 6. The number of carbonyl (C=O) groups is 1. The summed E-state index contributed by atoms with van der Waals surface area (Å²) >= 11 is 0. The summed E-state index contributed by atoms with van der Waals surface area (Å²) in [6.07, 6.45) is 0.556. The molecule has 1 aliphatic heterocycles. The minimum absolute atomic E-state index is 0.0285. The molecule has 0 saturated carbocycles. The van der Waals surface area contributed by atoms with E-state index in [0.29, 0.717) is 25.4 Å². The van der Waals surface area contributed by atoms with E-state index in [1.54, 1.807) is 17.0 Å². The van der Waals surface area contributed by atoms with Gasteiger partial charge in [0.25, 0.3) is 5.69 Å². The van der Waals surface area contributed by atoms with E-state index in [-0.39, 0.29) is 11.8 Å². The van der Waals surface area contributed by atoms with Gasteiger partial charge in [0.15, 0.2) is 0 Å². The van der Waals surface area contributed by atoms with E-state index in [9.17, 15) is 14.9 Å². The lowest BCUT2D eigenvalue weighted by Gasteiger charge is -2.35. The second-order valence-corrected chi connectivity index (χ2v) is 7.27. The predicted molar refractivity (Wildman–Crippen MR) is 97.5 cm³/mol. The Morgan fingerprint density at radius 3 is 2.54 bits per heavy atom. The monoisotopic (exact) mass is 365 g/mol. The zero-order chi connectivity index (χ0) is 19.2. The van der Waals surface area contributed by atoms with Gasteiger partial charge in [0.05, 0.1) is 17.6 Å². The molecule has 1 saturated heterocycles. The van der Waals surface area contributed by atoms with Crippen LogP contribution in [0.15, 0.2) is 24.3 Å². The standard InChI is InChI=1S/C18H27N3O5/c1-18(2,3)26-17(22)20-11-9-19(10-12-20)8-5-13-25-16-7-4-6-15(14-16)21(23)24/h4,6-7,14H,5,8-13H2,1-3H3. The second kappa shape index (κ2) is 8.84. The number of carbonyl (C=O) groups excluding carboxylic acids is 1. The molecule has 0 N–H and O–H groups in total. The highest BCUT2D eigenvalue weighted by Gasteiger charge is 2.25. The smallest absolute Gasteiger partial charge is 0.410 e. The summed E-state index contributed by atoms with van der Waals surface area (Å²) in [5.74, 6) is 0.508. The summed E-state index contributed by atoms with van der Waals surface area (Å²) < 4.78 is 11.0. The van der Waals surface area contributed by atoms with Crippen molar-refractivity contribution in [2.75, 3.05) is 39.3 Å². The summed E-state index contributed by atoms with van der Waals surface area (Å²) in [6.45, 7) is 9.85. The summed E-state index contributed by atoms with van der Waals surface area (Å²) in [5, 5.41) is 10.7. The normalized spacial score (nSPS) is 15.6. The van der Waals surface area contributed by atoms with Gasteiger partial charge in [0, 0.05) is 38.8 Å². The number of nitro groups is 1. The Labute approximate surface area is 153 Å². The number of nitro benzene ring substituents is 1. The summed E-state index contributed by atoms with van der Waals surface area (Å²) in [5.41, 5.74) is -0.446. The maximum atomic E-state index is 12.0. The molecule has 0 aromatic heterocycles. The summed E-state index contributed by atoms with van der Waals surface area (Å²) in [7, 11) is 0. The fraction of sp³-hybridized carbons (Fsp3) is 0.611. The van der Waals surface area contributed by atoms with Gasteiger partial charge in [0.2, 0.25) is 0 Å². The molecule has 1 heterocycles. The van der Waals surface area contributed by atoms with Crippen LogP contribution in [0.1, 0.15) is 27.2 Å². The molecule has 8 nitrogen and oxygen atoms in total. The molecule has 8 heteroatoms. The van der Waals surface area contributed by atoms with Gasteiger partial charge in [-0.25, -0.2) is 4.79 Å². The molecule has 1 aliphatic rings. The van der Waals surface area contributed by atoms with E-state index in [4.69, 9.17) is 9.47 Å². The highest BCUT2D eigenvalue weighted by Crippen LogP contribution is 2.19. The quantitative estimate of drug-likeness (QED) is 0.438. The molecule has 0 radical (unpaired) electrons. The van der Waals surface area contributed by atoms with Crippen molar-refractivity contribution in [2.24, 2.45) is 0 Å². The Kier molecular flexibility index (Phi) is 6.79. The van der Waals surface area contributed by atoms with Crippen molar-refractivity contribution in [2.45, 2.75) is 32.8 Å². The first-order chi connectivity index (χ1) is 12.2. The van der Waals surface area contributed by atoms with Crippen LogP contribution in [0.3, 0.4) is 0 Å². The average molecular weight is 365 g/mol. The van der Waals surface area contributed by atoms with Crippen LogP contribution in [0.5, 0.6) is 5.75 Å². The Balaban J connectivity index is 1.65. The average Bonchev–Trinajstić information content (AvgIpc) is 2.58. The second-order valence-electron chi connectivity index (χ2n) is 7.27. The zero-order valence-corrected chi connectivity index (χ0v) is 15.6. The predicted octanol–water partition coefficient (Wildman–Crippen LogP) is 2.92. The van der Waals surface area contributed by atoms with Crippen LogP contribution in [-0.2, 0) is 4.74 Å². The number of nitrogens with zero attached hydrogens (tertiary/aromatic N) is 3. The minimum atomic E-state index is -0.474. The van der Waals surface area contributed by atoms with Crippen molar-refractivity contribution in [3.05, 3.63) is 34.4 Å². The Morgan fingerprint density at radius 1 is 1.23 bits per heavy atom. The first-order valence-electron chi connectivity index (χ1n) is 8.82. The lowest BCUT2D eigenvalue weighted by Crippen LogP contribution is -2.50. The number of rotatable bonds is 6. The van der Waals surface area contributed by atoms with Crippen LogP contribution in [0.25, 0.3) is 0 Å². The summed E-state index contributed by atoms with van der Waals surface area (Å²) in [4.78, 5) is 26.4. The number of amides is 1. The van der Waals surface area contributed by atoms with Gasteiger partial charge >= 0.3 is 6.09 Å². The Bertz CT molecular complexity index is 621. The summed E-state index contributed by atoms with van der Waals surface area (Å²) in [6, 6.07) is 6.20. The first-order valence-corrected chi connectivity index (χ1v) is 8.82. The van der Waals surface area contributed by atoms with Gasteiger partial charge in [-0.15, -0.1) is 0 Å². The van der Waals surface area contributed by atoms with Crippen LogP contribution < -0.4 is 4.74 Å². The molecule has 0 spiro atoms. The third-order valence-corrected chi connectivity index (χ3v) is 3.94. The largest absolute Gasteiger partial charge is 0.493 e. The zero-order valence-electron chi connectivity index (χ0n) is 15.6. The van der Waals surface area contributed by atoms with Crippen molar-refractivity contribution < 1.29 is 19.2 Å². The molecule has 144 valence electrons. The highest BCUT2D eigenvalue weighted by atomic mass is 16.6. The van der Waals surface area contributed by atoms with E-state index in [1.807, 2.05) is 20.8 Å². The maximum absolute atomic E-state index is 12.0. The number of hydrogen-bond donors (Lipinski definition) is 0. The van der Waals surface area contributed by atoms with Crippen LogP contribution in [0.2, 0.25) is 0 Å². The number of non-ortho nitro benzene ring substituents is 1. The molecule has 0 unspecified atom stereocenters. The SMILES string of the molecule is CC(C)(C)OC(=O)N1CCN(CCCOc2cccc([N+](=O)[O-])c2)CC1. The number of piperazine rings is 1. The molecular weight excluding hydrogens is 338 g/mol. The fourth-order valence-electron chi connectivity index (χ4n) is 2.65. The van der Waals surface area contributed by atoms with E-state index in [1.165, 1.54) is 12.1 Å². The van der Waals surface area contributed by atoms with E-state index in [0.717, 1.165) is 26.1 Å². The molecular formula is C18H27N3O5. The third-order valence-electron chi connectivity index (χ3n) is 3.94. The highest BCUT2D eigenvalue weighted by molar-refractivity contribution is 5.68. The van der Waals surface area contributed by atoms with E-state index < -0.39 is 10.5 Å². The molecule has 26 heavy (non-hydrogen) atoms. The van der Waals surface area contributed by atoms with Gasteiger partial charge in [-0.05, 0) is 33.3 Å². The third kappa shape index (κ3) is 6.51. The number of benzene rings is 1. The van der Waals surface area contributed by atoms with Gasteiger partial charge in [0.1, 0.15) is 11.4 Å². The van der Waals surface area contributed by atoms with Crippen LogP contribution in [0, 0.1) is 10.1 Å². The van der Waals surface area contributed by atoms with E-state index >= 15 is 0 Å². The molecule has 0 bridgehead atoms. The minimum Gasteiger partial charge on any atom is -0.493 e. The lowest BCUT2D eigenvalue weighted by molar-refractivity contribution is -0.384. The molecule has 1 aromatic carbocycles. The van der Waals surface area contributed by atoms with Gasteiger partial charge in [-0.1, -0.05) is 6.07 Å². The van der Waals surface area contributed by atoms with Crippen molar-refractivity contribution in [3.8, 4) is 5.75 Å². The van der Waals surface area contributed by atoms with Crippen LogP contribution in [0.4, 0.5) is 10.5 Å². The molecule has 0 aliphatic carbocycles. The Morgan fingerprint density at radius 2 is 1.92 bits per heavy atom. The van der Waals surface area contributed by atoms with Crippen LogP contribution in [-0.4, -0.2) is 65.7 Å². The van der Waals surface area contributed by atoms with Crippen molar-refractivity contribution in [1.29, 1.82) is 0 Å². The molecule has 0 atom stereocenters. The number of ether oxygens (including phenoxy) is 2. The van der Waals surface area contributed by atoms with Crippen molar-refractivity contribution in [1.82, 2.24) is 9.80 Å². The van der Waals surface area contributed by atoms with Gasteiger partial charge in [-0.3, -0.25) is 15.0 Å². The Hall–Kier alpha value is -2.35. The fourth-order valence-corrected chi connectivity index (χ4v) is 2.65. The molecule has 2 rings (SSSR count). The lowest BCUT2D eigenvalue weighted by atomic mass is 10.2. The van der Waals surface area contributed by atoms with Gasteiger partial charge < -0.3 is 14.4 Å². The first kappa shape index (κ1) is 20.0. The molecule has 1 amide bonds.